The molecule has 3 heterocycles. The Kier molecular flexibility index (Phi) is 5.08. The van der Waals surface area contributed by atoms with Gasteiger partial charge < -0.3 is 9.63 Å². The van der Waals surface area contributed by atoms with Crippen molar-refractivity contribution in [2.24, 2.45) is 5.92 Å². The second-order valence-corrected chi connectivity index (χ2v) is 9.91. The van der Waals surface area contributed by atoms with Crippen LogP contribution in [-0.2, 0) is 17.9 Å². The first-order chi connectivity index (χ1) is 16.5. The first-order valence-electron chi connectivity index (χ1n) is 11.2. The van der Waals surface area contributed by atoms with Crippen LogP contribution >= 0.6 is 11.3 Å². The smallest absolute Gasteiger partial charge is 0.306 e. The van der Waals surface area contributed by atoms with Crippen LogP contribution in [0.15, 0.2) is 51.7 Å². The van der Waals surface area contributed by atoms with E-state index in [9.17, 15) is 9.18 Å². The highest BCUT2D eigenvalue weighted by atomic mass is 32.1. The van der Waals surface area contributed by atoms with Crippen molar-refractivity contribution in [1.82, 2.24) is 15.0 Å². The largest absolute Gasteiger partial charge is 0.481 e. The summed E-state index contributed by atoms with van der Waals surface area (Å²) < 4.78 is 20.4. The van der Waals surface area contributed by atoms with E-state index in [0.29, 0.717) is 30.3 Å². The van der Waals surface area contributed by atoms with Crippen LogP contribution in [0.1, 0.15) is 29.5 Å². The van der Waals surface area contributed by atoms with Gasteiger partial charge in [0.1, 0.15) is 5.82 Å². The Morgan fingerprint density at radius 3 is 2.71 bits per heavy atom. The van der Waals surface area contributed by atoms with E-state index in [4.69, 9.17) is 9.63 Å². The summed E-state index contributed by atoms with van der Waals surface area (Å²) in [5.74, 6) is -0.735. The number of aryl methyl sites for hydroxylation is 1. The van der Waals surface area contributed by atoms with Crippen molar-refractivity contribution in [3.8, 4) is 34.0 Å². The number of benzene rings is 2. The van der Waals surface area contributed by atoms with Gasteiger partial charge in [0.25, 0.3) is 5.89 Å². The second-order valence-electron chi connectivity index (χ2n) is 9.13. The minimum absolute atomic E-state index is 0.156. The first-order valence-corrected chi connectivity index (χ1v) is 12.2. The van der Waals surface area contributed by atoms with Crippen LogP contribution in [0, 0.1) is 18.7 Å². The highest BCUT2D eigenvalue weighted by Crippen LogP contribution is 2.38. The average molecular weight is 476 g/mol. The Balaban J connectivity index is 1.22. The molecule has 172 valence electrons. The minimum Gasteiger partial charge on any atom is -0.481 e. The third-order valence-electron chi connectivity index (χ3n) is 6.99. The second kappa shape index (κ2) is 8.14. The Hall–Kier alpha value is -3.36. The third kappa shape index (κ3) is 3.63. The number of thiophene rings is 1. The zero-order chi connectivity index (χ0) is 23.4. The number of rotatable bonds is 5. The zero-order valence-electron chi connectivity index (χ0n) is 18.5. The van der Waals surface area contributed by atoms with Crippen molar-refractivity contribution in [1.29, 1.82) is 0 Å². The molecule has 1 aliphatic carbocycles. The molecule has 0 spiro atoms. The van der Waals surface area contributed by atoms with Gasteiger partial charge in [-0.1, -0.05) is 17.3 Å². The maximum absolute atomic E-state index is 15.0. The summed E-state index contributed by atoms with van der Waals surface area (Å²) in [7, 11) is 0. The van der Waals surface area contributed by atoms with E-state index in [1.165, 1.54) is 17.2 Å². The maximum atomic E-state index is 15.0. The van der Waals surface area contributed by atoms with Crippen LogP contribution < -0.4 is 0 Å². The Morgan fingerprint density at radius 2 is 1.94 bits per heavy atom. The standard InChI is InChI=1S/C26H22FN3O3S/c1-14-6-22(23(27)10-21(14)17-4-5-34-13-17)25-28-24(29-33-25)15-2-3-16-11-30(12-19(16)7-15)20-8-18(9-20)26(31)32/h2-7,10,13,18,20H,8-9,11-12H2,1H3,(H,31,32). The minimum atomic E-state index is -0.698. The van der Waals surface area contributed by atoms with Gasteiger partial charge >= 0.3 is 5.97 Å². The van der Waals surface area contributed by atoms with Crippen molar-refractivity contribution in [2.45, 2.75) is 38.9 Å². The molecular weight excluding hydrogens is 453 g/mol. The molecule has 6 rings (SSSR count). The molecule has 0 atom stereocenters. The lowest BCUT2D eigenvalue weighted by molar-refractivity contribution is -0.147. The molecule has 1 fully saturated rings. The zero-order valence-corrected chi connectivity index (χ0v) is 19.3. The summed E-state index contributed by atoms with van der Waals surface area (Å²) in [5, 5.41) is 17.2. The summed E-state index contributed by atoms with van der Waals surface area (Å²) in [6.45, 7) is 3.55. The highest BCUT2D eigenvalue weighted by molar-refractivity contribution is 7.08. The van der Waals surface area contributed by atoms with E-state index in [1.807, 2.05) is 29.8 Å². The molecule has 1 aliphatic heterocycles. The Morgan fingerprint density at radius 1 is 1.12 bits per heavy atom. The molecule has 34 heavy (non-hydrogen) atoms. The fourth-order valence-electron chi connectivity index (χ4n) is 4.93. The van der Waals surface area contributed by atoms with Gasteiger partial charge in [-0.15, -0.1) is 0 Å². The predicted octanol–water partition coefficient (Wildman–Crippen LogP) is 5.76. The van der Waals surface area contributed by atoms with Crippen LogP contribution in [0.3, 0.4) is 0 Å². The number of fused-ring (bicyclic) bond motifs is 1. The van der Waals surface area contributed by atoms with E-state index in [2.05, 4.69) is 27.2 Å². The molecule has 0 radical (unpaired) electrons. The van der Waals surface area contributed by atoms with E-state index < -0.39 is 11.8 Å². The topological polar surface area (TPSA) is 79.5 Å². The lowest BCUT2D eigenvalue weighted by Crippen LogP contribution is -2.44. The first kappa shape index (κ1) is 21.2. The number of nitrogens with zero attached hydrogens (tertiary/aromatic N) is 3. The lowest BCUT2D eigenvalue weighted by Gasteiger charge is -2.39. The fourth-order valence-corrected chi connectivity index (χ4v) is 5.59. The van der Waals surface area contributed by atoms with Crippen LogP contribution in [0.25, 0.3) is 34.0 Å². The lowest BCUT2D eigenvalue weighted by atomic mass is 9.79. The van der Waals surface area contributed by atoms with Gasteiger partial charge in [-0.3, -0.25) is 9.69 Å². The Bertz CT molecular complexity index is 1390. The summed E-state index contributed by atoms with van der Waals surface area (Å²) >= 11 is 1.58. The van der Waals surface area contributed by atoms with Gasteiger partial charge in [-0.25, -0.2) is 4.39 Å². The molecule has 8 heteroatoms. The number of aliphatic carboxylic acids is 1. The van der Waals surface area contributed by atoms with Gasteiger partial charge in [0, 0.05) is 24.7 Å². The number of hydrogen-bond donors (Lipinski definition) is 1. The van der Waals surface area contributed by atoms with Crippen LogP contribution in [0.2, 0.25) is 0 Å². The van der Waals surface area contributed by atoms with E-state index in [1.54, 1.807) is 17.4 Å². The summed E-state index contributed by atoms with van der Waals surface area (Å²) in [6, 6.07) is 11.6. The molecule has 2 aromatic heterocycles. The van der Waals surface area contributed by atoms with Gasteiger partial charge in [0.05, 0.1) is 11.5 Å². The normalized spacial score (nSPS) is 19.7. The van der Waals surface area contributed by atoms with Crippen molar-refractivity contribution in [3.63, 3.8) is 0 Å². The molecule has 0 amide bonds. The van der Waals surface area contributed by atoms with Crippen LogP contribution in [0.4, 0.5) is 4.39 Å². The van der Waals surface area contributed by atoms with Crippen molar-refractivity contribution < 1.29 is 18.8 Å². The number of hydrogen-bond acceptors (Lipinski definition) is 6. The van der Waals surface area contributed by atoms with Gasteiger partial charge in [-0.05, 0) is 82.6 Å². The van der Waals surface area contributed by atoms with Gasteiger partial charge in [0.15, 0.2) is 0 Å². The number of carboxylic acid groups (broad SMARTS) is 1. The fraction of sp³-hybridized carbons (Fsp3) is 0.269. The molecule has 1 N–H and O–H groups in total. The van der Waals surface area contributed by atoms with Crippen molar-refractivity contribution in [3.05, 3.63) is 69.7 Å². The maximum Gasteiger partial charge on any atom is 0.306 e. The van der Waals surface area contributed by atoms with Crippen molar-refractivity contribution in [2.75, 3.05) is 0 Å². The third-order valence-corrected chi connectivity index (χ3v) is 7.68. The Labute approximate surface area is 199 Å². The summed E-state index contributed by atoms with van der Waals surface area (Å²) in [6.07, 6.45) is 1.42. The molecule has 1 saturated carbocycles. The molecule has 0 bridgehead atoms. The van der Waals surface area contributed by atoms with Gasteiger partial charge in [0.2, 0.25) is 5.82 Å². The molecule has 0 unspecified atom stereocenters. The number of halogens is 1. The molecule has 2 aromatic carbocycles. The molecule has 0 saturated heterocycles. The quantitative estimate of drug-likeness (QED) is 0.395. The van der Waals surface area contributed by atoms with E-state index in [-0.39, 0.29) is 11.8 Å². The van der Waals surface area contributed by atoms with Crippen molar-refractivity contribution >= 4 is 17.3 Å². The highest BCUT2D eigenvalue weighted by Gasteiger charge is 2.39. The summed E-state index contributed by atoms with van der Waals surface area (Å²) in [5.41, 5.74) is 6.31. The average Bonchev–Trinajstić information content (AvgIpc) is 3.53. The monoisotopic (exact) mass is 475 g/mol. The number of carbonyl (C=O) groups is 1. The molecule has 4 aromatic rings. The van der Waals surface area contributed by atoms with Crippen LogP contribution in [-0.4, -0.2) is 32.2 Å². The molecule has 2 aliphatic rings. The summed E-state index contributed by atoms with van der Waals surface area (Å²) in [4.78, 5) is 17.9. The van der Waals surface area contributed by atoms with E-state index in [0.717, 1.165) is 35.3 Å². The molecular formula is C26H22FN3O3S. The van der Waals surface area contributed by atoms with Gasteiger partial charge in [-0.2, -0.15) is 16.3 Å². The number of carboxylic acids is 1. The van der Waals surface area contributed by atoms with E-state index >= 15 is 0 Å². The van der Waals surface area contributed by atoms with Crippen LogP contribution in [0.5, 0.6) is 0 Å². The predicted molar refractivity (Wildman–Crippen MR) is 127 cm³/mol. The molecule has 6 nitrogen and oxygen atoms in total. The SMILES string of the molecule is Cc1cc(-c2nc(-c3ccc4c(c3)CN(C3CC(C(=O)O)C3)C4)no2)c(F)cc1-c1ccsc1. The number of aromatic nitrogens is 2.